The van der Waals surface area contributed by atoms with Gasteiger partial charge in [-0.25, -0.2) is 5.43 Å². The molecule has 0 unspecified atom stereocenters. The van der Waals surface area contributed by atoms with Gasteiger partial charge in [-0.05, 0) is 35.4 Å². The molecular weight excluding hydrogens is 494 g/mol. The van der Waals surface area contributed by atoms with Gasteiger partial charge in [-0.2, -0.15) is 10.2 Å². The molecule has 0 atom stereocenters. The summed E-state index contributed by atoms with van der Waals surface area (Å²) < 4.78 is 3.15. The normalized spacial score (nSPS) is 10.9. The van der Waals surface area contributed by atoms with E-state index in [1.807, 2.05) is 36.4 Å². The predicted octanol–water partition coefficient (Wildman–Crippen LogP) is 4.13. The van der Waals surface area contributed by atoms with Gasteiger partial charge in [0.05, 0.1) is 17.7 Å². The Balaban J connectivity index is 1.76. The fraction of sp³-hybridized carbons (Fsp3) is 0.0556. The Morgan fingerprint density at radius 3 is 2.64 bits per heavy atom. The van der Waals surface area contributed by atoms with Crippen LogP contribution in [0.5, 0.6) is 0 Å². The van der Waals surface area contributed by atoms with Gasteiger partial charge in [0.15, 0.2) is 0 Å². The molecule has 0 saturated carbocycles. The Morgan fingerprint density at radius 1 is 1.21 bits per heavy atom. The third-order valence-electron chi connectivity index (χ3n) is 3.64. The summed E-state index contributed by atoms with van der Waals surface area (Å²) in [5.74, 6) is -0.756. The minimum Gasteiger partial charge on any atom is -0.265 e. The predicted molar refractivity (Wildman–Crippen MR) is 111 cm³/mol. The van der Waals surface area contributed by atoms with E-state index in [1.165, 1.54) is 17.1 Å². The van der Waals surface area contributed by atoms with Gasteiger partial charge in [0.2, 0.25) is 5.69 Å². The Hall–Kier alpha value is -2.85. The van der Waals surface area contributed by atoms with Crippen molar-refractivity contribution in [2.24, 2.45) is 5.10 Å². The molecule has 28 heavy (non-hydrogen) atoms. The monoisotopic (exact) mass is 505 g/mol. The van der Waals surface area contributed by atoms with Gasteiger partial charge in [0.25, 0.3) is 5.91 Å². The minimum atomic E-state index is -0.756. The standard InChI is InChI=1S/C18H13Br2N5O3/c19-14-6-4-12(5-7-14)9-21-22-18(26)17-16(25(27)28)11-24(23-17)10-13-2-1-3-15(20)8-13/h1-9,11H,10H2,(H,22,26). The summed E-state index contributed by atoms with van der Waals surface area (Å²) >= 11 is 6.70. The van der Waals surface area contributed by atoms with E-state index in [0.717, 1.165) is 20.1 Å². The highest BCUT2D eigenvalue weighted by Gasteiger charge is 2.25. The van der Waals surface area contributed by atoms with Crippen molar-refractivity contribution >= 4 is 49.7 Å². The lowest BCUT2D eigenvalue weighted by molar-refractivity contribution is -0.385. The maximum absolute atomic E-state index is 12.3. The zero-order valence-electron chi connectivity index (χ0n) is 14.3. The molecule has 1 aromatic heterocycles. The van der Waals surface area contributed by atoms with Crippen molar-refractivity contribution in [3.8, 4) is 0 Å². The molecule has 0 saturated heterocycles. The van der Waals surface area contributed by atoms with Crippen molar-refractivity contribution in [2.75, 3.05) is 0 Å². The molecule has 0 aliphatic heterocycles. The lowest BCUT2D eigenvalue weighted by atomic mass is 10.2. The van der Waals surface area contributed by atoms with Crippen molar-refractivity contribution in [1.29, 1.82) is 0 Å². The molecule has 142 valence electrons. The van der Waals surface area contributed by atoms with E-state index in [4.69, 9.17) is 0 Å². The second-order valence-corrected chi connectivity index (χ2v) is 7.53. The number of rotatable bonds is 6. The number of benzene rings is 2. The van der Waals surface area contributed by atoms with Crippen molar-refractivity contribution in [2.45, 2.75) is 6.54 Å². The molecule has 3 aromatic rings. The van der Waals surface area contributed by atoms with Crippen LogP contribution >= 0.6 is 31.9 Å². The van der Waals surface area contributed by atoms with E-state index in [9.17, 15) is 14.9 Å². The summed E-state index contributed by atoms with van der Waals surface area (Å²) in [6.07, 6.45) is 2.67. The van der Waals surface area contributed by atoms with Crippen LogP contribution < -0.4 is 5.43 Å². The van der Waals surface area contributed by atoms with Crippen LogP contribution in [0, 0.1) is 10.1 Å². The van der Waals surface area contributed by atoms with Crippen LogP contribution in [0.25, 0.3) is 0 Å². The number of halogens is 2. The van der Waals surface area contributed by atoms with Crippen LogP contribution in [-0.2, 0) is 6.54 Å². The van der Waals surface area contributed by atoms with Gasteiger partial charge in [-0.15, -0.1) is 0 Å². The van der Waals surface area contributed by atoms with Crippen molar-refractivity contribution in [3.63, 3.8) is 0 Å². The Kier molecular flexibility index (Phi) is 6.32. The quantitative estimate of drug-likeness (QED) is 0.308. The minimum absolute atomic E-state index is 0.287. The first-order valence-corrected chi connectivity index (χ1v) is 9.56. The van der Waals surface area contributed by atoms with E-state index in [1.54, 1.807) is 12.1 Å². The second-order valence-electron chi connectivity index (χ2n) is 5.70. The molecule has 0 radical (unpaired) electrons. The van der Waals surface area contributed by atoms with E-state index < -0.39 is 10.8 Å². The Morgan fingerprint density at radius 2 is 1.96 bits per heavy atom. The van der Waals surface area contributed by atoms with Gasteiger partial charge in [-0.3, -0.25) is 19.6 Å². The summed E-state index contributed by atoms with van der Waals surface area (Å²) in [5, 5.41) is 19.2. The van der Waals surface area contributed by atoms with Crippen molar-refractivity contribution in [3.05, 3.63) is 90.6 Å². The maximum atomic E-state index is 12.3. The summed E-state index contributed by atoms with van der Waals surface area (Å²) in [6, 6.07) is 14.7. The number of carbonyl (C=O) groups is 1. The number of hydrazone groups is 1. The number of nitro groups is 1. The molecule has 8 nitrogen and oxygen atoms in total. The number of aromatic nitrogens is 2. The number of hydrogen-bond donors (Lipinski definition) is 1. The van der Waals surface area contributed by atoms with Crippen LogP contribution in [0.3, 0.4) is 0 Å². The van der Waals surface area contributed by atoms with E-state index in [0.29, 0.717) is 0 Å². The van der Waals surface area contributed by atoms with Gasteiger partial charge < -0.3 is 0 Å². The molecule has 0 bridgehead atoms. The number of hydrogen-bond acceptors (Lipinski definition) is 5. The first-order valence-electron chi connectivity index (χ1n) is 7.97. The maximum Gasteiger partial charge on any atom is 0.320 e. The highest BCUT2D eigenvalue weighted by atomic mass is 79.9. The van der Waals surface area contributed by atoms with Crippen LogP contribution in [0.1, 0.15) is 21.6 Å². The molecule has 1 amide bonds. The highest BCUT2D eigenvalue weighted by Crippen LogP contribution is 2.19. The summed E-state index contributed by atoms with van der Waals surface area (Å²) in [6.45, 7) is 0.287. The van der Waals surface area contributed by atoms with E-state index in [-0.39, 0.29) is 17.9 Å². The van der Waals surface area contributed by atoms with Gasteiger partial charge in [0, 0.05) is 8.95 Å². The number of nitrogens with one attached hydrogen (secondary N) is 1. The molecular formula is C18H13Br2N5O3. The van der Waals surface area contributed by atoms with Crippen LogP contribution in [0.15, 0.2) is 68.8 Å². The molecule has 2 aromatic carbocycles. The first-order chi connectivity index (χ1) is 13.4. The topological polar surface area (TPSA) is 102 Å². The number of nitrogens with zero attached hydrogens (tertiary/aromatic N) is 4. The average Bonchev–Trinajstić information content (AvgIpc) is 3.07. The first kappa shape index (κ1) is 19.9. The Labute approximate surface area is 176 Å². The average molecular weight is 507 g/mol. The number of carbonyl (C=O) groups excluding carboxylic acids is 1. The zero-order chi connectivity index (χ0) is 20.1. The van der Waals surface area contributed by atoms with Gasteiger partial charge in [-0.1, -0.05) is 56.1 Å². The molecule has 10 heteroatoms. The van der Waals surface area contributed by atoms with E-state index in [2.05, 4.69) is 47.5 Å². The van der Waals surface area contributed by atoms with Crippen LogP contribution in [-0.4, -0.2) is 26.8 Å². The molecule has 1 heterocycles. The third kappa shape index (κ3) is 5.11. The molecule has 0 fully saturated rings. The molecule has 0 aliphatic carbocycles. The Bertz CT molecular complexity index is 1050. The molecule has 0 spiro atoms. The van der Waals surface area contributed by atoms with Crippen molar-refractivity contribution < 1.29 is 9.72 Å². The number of amides is 1. The summed E-state index contributed by atoms with van der Waals surface area (Å²) in [4.78, 5) is 23.0. The van der Waals surface area contributed by atoms with Crippen LogP contribution in [0.4, 0.5) is 5.69 Å². The summed E-state index contributed by atoms with van der Waals surface area (Å²) in [5.41, 5.74) is 3.24. The summed E-state index contributed by atoms with van der Waals surface area (Å²) in [7, 11) is 0. The highest BCUT2D eigenvalue weighted by molar-refractivity contribution is 9.10. The van der Waals surface area contributed by atoms with Gasteiger partial charge >= 0.3 is 5.69 Å². The molecule has 1 N–H and O–H groups in total. The molecule has 0 aliphatic rings. The second kappa shape index (κ2) is 8.89. The largest absolute Gasteiger partial charge is 0.320 e. The van der Waals surface area contributed by atoms with E-state index >= 15 is 0 Å². The third-order valence-corrected chi connectivity index (χ3v) is 4.66. The van der Waals surface area contributed by atoms with Crippen molar-refractivity contribution in [1.82, 2.24) is 15.2 Å². The fourth-order valence-electron chi connectivity index (χ4n) is 2.38. The fourth-order valence-corrected chi connectivity index (χ4v) is 3.09. The smallest absolute Gasteiger partial charge is 0.265 e. The SMILES string of the molecule is O=C(NN=Cc1ccc(Br)cc1)c1nn(Cc2cccc(Br)c2)cc1[N+](=O)[O-]. The lowest BCUT2D eigenvalue weighted by Gasteiger charge is -2.01. The zero-order valence-corrected chi connectivity index (χ0v) is 17.4. The van der Waals surface area contributed by atoms with Crippen LogP contribution in [0.2, 0.25) is 0 Å². The van der Waals surface area contributed by atoms with Gasteiger partial charge in [0.1, 0.15) is 6.20 Å². The lowest BCUT2D eigenvalue weighted by Crippen LogP contribution is -2.19. The molecule has 3 rings (SSSR count).